The fourth-order valence-electron chi connectivity index (χ4n) is 3.03. The van der Waals surface area contributed by atoms with Gasteiger partial charge in [-0.3, -0.25) is 4.79 Å². The van der Waals surface area contributed by atoms with Crippen molar-refractivity contribution in [2.24, 2.45) is 5.92 Å². The van der Waals surface area contributed by atoms with Crippen molar-refractivity contribution in [3.63, 3.8) is 0 Å². The SMILES string of the molecule is CCOC(=O)C1CC=C(c2c(C(F)(F)F)nn(-c3ncccn3)c2N)CC1. The van der Waals surface area contributed by atoms with Gasteiger partial charge in [0.25, 0.3) is 5.95 Å². The zero-order chi connectivity index (χ0) is 19.6. The minimum Gasteiger partial charge on any atom is -0.466 e. The van der Waals surface area contributed by atoms with Crippen LogP contribution in [0.5, 0.6) is 0 Å². The second kappa shape index (κ2) is 7.37. The number of alkyl halides is 3. The zero-order valence-corrected chi connectivity index (χ0v) is 14.5. The number of carbonyl (C=O) groups excluding carboxylic acids is 1. The molecule has 3 rings (SSSR count). The smallest absolute Gasteiger partial charge is 0.435 e. The van der Waals surface area contributed by atoms with Crippen molar-refractivity contribution in [1.29, 1.82) is 0 Å². The van der Waals surface area contributed by atoms with E-state index in [9.17, 15) is 18.0 Å². The Morgan fingerprint density at radius 1 is 1.37 bits per heavy atom. The molecule has 1 aliphatic carbocycles. The maximum atomic E-state index is 13.5. The third-order valence-electron chi connectivity index (χ3n) is 4.28. The molecule has 27 heavy (non-hydrogen) atoms. The van der Waals surface area contributed by atoms with Crippen molar-refractivity contribution < 1.29 is 22.7 Å². The van der Waals surface area contributed by atoms with Crippen LogP contribution >= 0.6 is 0 Å². The number of rotatable bonds is 4. The normalized spacial score (nSPS) is 17.5. The lowest BCUT2D eigenvalue weighted by atomic mass is 9.86. The number of halogens is 3. The molecular formula is C17H18F3N5O2. The van der Waals surface area contributed by atoms with Gasteiger partial charge in [-0.25, -0.2) is 9.97 Å². The van der Waals surface area contributed by atoms with Crippen LogP contribution in [0.15, 0.2) is 24.5 Å². The summed E-state index contributed by atoms with van der Waals surface area (Å²) >= 11 is 0. The predicted octanol–water partition coefficient (Wildman–Crippen LogP) is 3.01. The minimum absolute atomic E-state index is 0.0486. The summed E-state index contributed by atoms with van der Waals surface area (Å²) in [4.78, 5) is 19.7. The van der Waals surface area contributed by atoms with E-state index in [-0.39, 0.29) is 48.7 Å². The Kier molecular flexibility index (Phi) is 5.15. The minimum atomic E-state index is -4.69. The Balaban J connectivity index is 2.00. The lowest BCUT2D eigenvalue weighted by molar-refractivity contribution is -0.148. The lowest BCUT2D eigenvalue weighted by Crippen LogP contribution is -2.20. The number of hydrogen-bond donors (Lipinski definition) is 1. The summed E-state index contributed by atoms with van der Waals surface area (Å²) in [7, 11) is 0. The van der Waals surface area contributed by atoms with Crippen LogP contribution in [0.1, 0.15) is 37.4 Å². The molecule has 0 aromatic carbocycles. The Morgan fingerprint density at radius 2 is 2.07 bits per heavy atom. The molecule has 144 valence electrons. The number of esters is 1. The molecule has 2 aromatic rings. The number of nitrogen functional groups attached to an aromatic ring is 1. The maximum absolute atomic E-state index is 13.5. The highest BCUT2D eigenvalue weighted by Gasteiger charge is 2.41. The molecule has 0 amide bonds. The van der Waals surface area contributed by atoms with Gasteiger partial charge in [0.2, 0.25) is 0 Å². The van der Waals surface area contributed by atoms with Crippen LogP contribution < -0.4 is 5.73 Å². The van der Waals surface area contributed by atoms with Crippen molar-refractivity contribution in [2.45, 2.75) is 32.4 Å². The Bertz CT molecular complexity index is 861. The van der Waals surface area contributed by atoms with Gasteiger partial charge in [0.15, 0.2) is 5.69 Å². The Labute approximate surface area is 153 Å². The molecule has 0 aliphatic heterocycles. The third-order valence-corrected chi connectivity index (χ3v) is 4.28. The van der Waals surface area contributed by atoms with Gasteiger partial charge in [0.05, 0.1) is 18.1 Å². The van der Waals surface area contributed by atoms with Gasteiger partial charge in [0.1, 0.15) is 5.82 Å². The average molecular weight is 381 g/mol. The molecular weight excluding hydrogens is 363 g/mol. The molecule has 0 fully saturated rings. The van der Waals surface area contributed by atoms with Gasteiger partial charge < -0.3 is 10.5 Å². The summed E-state index contributed by atoms with van der Waals surface area (Å²) < 4.78 is 46.5. The number of carbonyl (C=O) groups is 1. The molecule has 0 radical (unpaired) electrons. The van der Waals surface area contributed by atoms with Gasteiger partial charge in [-0.15, -0.1) is 0 Å². The van der Waals surface area contributed by atoms with Crippen LogP contribution in [0, 0.1) is 5.92 Å². The van der Waals surface area contributed by atoms with E-state index in [0.717, 1.165) is 4.68 Å². The van der Waals surface area contributed by atoms with Crippen LogP contribution in [0.3, 0.4) is 0 Å². The molecule has 1 atom stereocenters. The van der Waals surface area contributed by atoms with Gasteiger partial charge in [0, 0.05) is 12.4 Å². The van der Waals surface area contributed by atoms with Crippen LogP contribution in [0.2, 0.25) is 0 Å². The van der Waals surface area contributed by atoms with Crippen molar-refractivity contribution in [2.75, 3.05) is 12.3 Å². The number of nitrogens with zero attached hydrogens (tertiary/aromatic N) is 4. The van der Waals surface area contributed by atoms with Crippen LogP contribution in [0.25, 0.3) is 11.5 Å². The van der Waals surface area contributed by atoms with Crippen LogP contribution in [0.4, 0.5) is 19.0 Å². The summed E-state index contributed by atoms with van der Waals surface area (Å²) in [6.07, 6.45) is 0.622. The van der Waals surface area contributed by atoms with Crippen molar-refractivity contribution in [1.82, 2.24) is 19.7 Å². The van der Waals surface area contributed by atoms with E-state index >= 15 is 0 Å². The quantitative estimate of drug-likeness (QED) is 0.818. The second-order valence-corrected chi connectivity index (χ2v) is 6.02. The second-order valence-electron chi connectivity index (χ2n) is 6.02. The largest absolute Gasteiger partial charge is 0.466 e. The first-order chi connectivity index (χ1) is 12.8. The van der Waals surface area contributed by atoms with E-state index in [1.165, 1.54) is 18.5 Å². The molecule has 0 spiro atoms. The number of hydrogen-bond acceptors (Lipinski definition) is 6. The molecule has 0 bridgehead atoms. The zero-order valence-electron chi connectivity index (χ0n) is 14.5. The highest BCUT2D eigenvalue weighted by Crippen LogP contribution is 2.41. The first-order valence-corrected chi connectivity index (χ1v) is 8.42. The van der Waals surface area contributed by atoms with E-state index in [1.54, 1.807) is 13.0 Å². The van der Waals surface area contributed by atoms with E-state index in [4.69, 9.17) is 10.5 Å². The van der Waals surface area contributed by atoms with E-state index in [2.05, 4.69) is 15.1 Å². The fourth-order valence-corrected chi connectivity index (χ4v) is 3.03. The highest BCUT2D eigenvalue weighted by molar-refractivity contribution is 5.79. The van der Waals surface area contributed by atoms with Crippen molar-refractivity contribution in [3.8, 4) is 5.95 Å². The monoisotopic (exact) mass is 381 g/mol. The highest BCUT2D eigenvalue weighted by atomic mass is 19.4. The molecule has 2 heterocycles. The van der Waals surface area contributed by atoms with Crippen LogP contribution in [-0.4, -0.2) is 32.3 Å². The van der Waals surface area contributed by atoms with E-state index in [1.807, 2.05) is 0 Å². The summed E-state index contributed by atoms with van der Waals surface area (Å²) in [5.74, 6) is -0.941. The molecule has 2 N–H and O–H groups in total. The maximum Gasteiger partial charge on any atom is 0.435 e. The molecule has 10 heteroatoms. The summed E-state index contributed by atoms with van der Waals surface area (Å²) in [6.45, 7) is 1.97. The molecule has 0 saturated carbocycles. The van der Waals surface area contributed by atoms with Gasteiger partial charge >= 0.3 is 12.1 Å². The molecule has 1 aliphatic rings. The standard InChI is InChI=1S/C17H18F3N5O2/c1-2-27-15(26)11-6-4-10(5-7-11)12-13(17(18,19)20)24-25(14(12)21)16-22-8-3-9-23-16/h3-4,8-9,11H,2,5-7,21H2,1H3. The topological polar surface area (TPSA) is 95.9 Å². The molecule has 0 saturated heterocycles. The number of aromatic nitrogens is 4. The fraction of sp³-hybridized carbons (Fsp3) is 0.412. The first kappa shape index (κ1) is 18.9. The van der Waals surface area contributed by atoms with Gasteiger partial charge in [-0.2, -0.15) is 23.0 Å². The van der Waals surface area contributed by atoms with E-state index in [0.29, 0.717) is 12.0 Å². The number of allylic oxidation sites excluding steroid dienone is 2. The summed E-state index contributed by atoms with van der Waals surface area (Å²) in [5, 5.41) is 3.62. The van der Waals surface area contributed by atoms with Crippen molar-refractivity contribution in [3.05, 3.63) is 35.8 Å². The molecule has 2 aromatic heterocycles. The third kappa shape index (κ3) is 3.79. The number of nitrogens with two attached hydrogens (primary N) is 1. The molecule has 1 unspecified atom stereocenters. The van der Waals surface area contributed by atoms with E-state index < -0.39 is 11.9 Å². The number of anilines is 1. The number of ether oxygens (including phenoxy) is 1. The first-order valence-electron chi connectivity index (χ1n) is 8.42. The Hall–Kier alpha value is -2.91. The van der Waals surface area contributed by atoms with Gasteiger partial charge in [-0.1, -0.05) is 6.08 Å². The summed E-state index contributed by atoms with van der Waals surface area (Å²) in [6, 6.07) is 1.54. The lowest BCUT2D eigenvalue weighted by Gasteiger charge is -2.21. The van der Waals surface area contributed by atoms with Gasteiger partial charge in [-0.05, 0) is 37.8 Å². The Morgan fingerprint density at radius 3 is 2.63 bits per heavy atom. The predicted molar refractivity (Wildman–Crippen MR) is 90.5 cm³/mol. The molecule has 7 nitrogen and oxygen atoms in total. The van der Waals surface area contributed by atoms with Crippen LogP contribution in [-0.2, 0) is 15.7 Å². The summed E-state index contributed by atoms with van der Waals surface area (Å²) in [5.41, 5.74) is 5.13. The average Bonchev–Trinajstić information content (AvgIpc) is 3.00. The van der Waals surface area contributed by atoms with Crippen molar-refractivity contribution >= 4 is 17.4 Å².